The molecule has 2 heterocycles. The number of amides is 1. The third-order valence-corrected chi connectivity index (χ3v) is 4.87. The van der Waals surface area contributed by atoms with Gasteiger partial charge in [0.1, 0.15) is 11.6 Å². The molecule has 1 saturated heterocycles. The van der Waals surface area contributed by atoms with Gasteiger partial charge in [-0.3, -0.25) is 4.79 Å². The first-order valence-corrected chi connectivity index (χ1v) is 9.32. The van der Waals surface area contributed by atoms with Gasteiger partial charge < -0.3 is 14.7 Å². The fraction of sp³-hybridized carbons (Fsp3) is 0.450. The summed E-state index contributed by atoms with van der Waals surface area (Å²) in [5.41, 5.74) is 1.02. The van der Waals surface area contributed by atoms with E-state index in [-0.39, 0.29) is 5.91 Å². The summed E-state index contributed by atoms with van der Waals surface area (Å²) in [4.78, 5) is 27.6. The number of piperazine rings is 1. The summed E-state index contributed by atoms with van der Waals surface area (Å²) in [7, 11) is 0. The minimum Gasteiger partial charge on any atom is -0.357 e. The highest BCUT2D eigenvalue weighted by molar-refractivity contribution is 5.73. The SMILES string of the molecule is CCN(CC)c1cc(N2CCN(C(C)=O)CC2)nc(-c2ccccc2)n1. The molecule has 1 aromatic heterocycles. The van der Waals surface area contributed by atoms with Crippen molar-refractivity contribution in [3.8, 4) is 11.4 Å². The molecular weight excluding hydrogens is 326 g/mol. The summed E-state index contributed by atoms with van der Waals surface area (Å²) in [5, 5.41) is 0. The van der Waals surface area contributed by atoms with Gasteiger partial charge in [0.2, 0.25) is 5.91 Å². The fourth-order valence-electron chi connectivity index (χ4n) is 3.26. The van der Waals surface area contributed by atoms with Crippen LogP contribution in [0.1, 0.15) is 20.8 Å². The fourth-order valence-corrected chi connectivity index (χ4v) is 3.26. The van der Waals surface area contributed by atoms with Gasteiger partial charge >= 0.3 is 0 Å². The molecule has 0 unspecified atom stereocenters. The summed E-state index contributed by atoms with van der Waals surface area (Å²) in [6.45, 7) is 10.8. The number of rotatable bonds is 5. The van der Waals surface area contributed by atoms with Crippen LogP contribution in [0.3, 0.4) is 0 Å². The van der Waals surface area contributed by atoms with E-state index in [4.69, 9.17) is 9.97 Å². The maximum Gasteiger partial charge on any atom is 0.219 e. The lowest BCUT2D eigenvalue weighted by molar-refractivity contribution is -0.129. The molecule has 0 N–H and O–H groups in total. The van der Waals surface area contributed by atoms with Crippen molar-refractivity contribution in [3.05, 3.63) is 36.4 Å². The molecule has 2 aromatic rings. The van der Waals surface area contributed by atoms with Gasteiger partial charge in [0, 0.05) is 57.8 Å². The number of carbonyl (C=O) groups excluding carboxylic acids is 1. The molecule has 1 aliphatic rings. The molecule has 0 bridgehead atoms. The van der Waals surface area contributed by atoms with Crippen molar-refractivity contribution in [1.29, 1.82) is 0 Å². The molecule has 0 atom stereocenters. The first kappa shape index (κ1) is 18.2. The highest BCUT2D eigenvalue weighted by Crippen LogP contribution is 2.25. The highest BCUT2D eigenvalue weighted by Gasteiger charge is 2.21. The molecule has 1 aromatic carbocycles. The van der Waals surface area contributed by atoms with E-state index >= 15 is 0 Å². The maximum absolute atomic E-state index is 11.6. The van der Waals surface area contributed by atoms with E-state index in [0.717, 1.165) is 62.3 Å². The largest absolute Gasteiger partial charge is 0.357 e. The van der Waals surface area contributed by atoms with Crippen LogP contribution in [0.2, 0.25) is 0 Å². The van der Waals surface area contributed by atoms with Gasteiger partial charge in [0.05, 0.1) is 0 Å². The quantitative estimate of drug-likeness (QED) is 0.827. The predicted molar refractivity (Wildman–Crippen MR) is 105 cm³/mol. The average Bonchev–Trinajstić information content (AvgIpc) is 2.69. The molecule has 0 radical (unpaired) electrons. The zero-order valence-electron chi connectivity index (χ0n) is 15.9. The van der Waals surface area contributed by atoms with Crippen LogP contribution in [0.15, 0.2) is 36.4 Å². The zero-order valence-corrected chi connectivity index (χ0v) is 15.9. The van der Waals surface area contributed by atoms with Gasteiger partial charge in [-0.1, -0.05) is 30.3 Å². The van der Waals surface area contributed by atoms with Crippen LogP contribution in [-0.2, 0) is 4.79 Å². The monoisotopic (exact) mass is 353 g/mol. The Kier molecular flexibility index (Phi) is 5.71. The molecule has 1 aliphatic heterocycles. The van der Waals surface area contributed by atoms with Crippen LogP contribution in [0.5, 0.6) is 0 Å². The number of nitrogens with zero attached hydrogens (tertiary/aromatic N) is 5. The lowest BCUT2D eigenvalue weighted by Gasteiger charge is -2.35. The van der Waals surface area contributed by atoms with E-state index in [1.807, 2.05) is 35.2 Å². The normalized spacial score (nSPS) is 14.4. The Morgan fingerprint density at radius 1 is 1.04 bits per heavy atom. The molecule has 1 fully saturated rings. The van der Waals surface area contributed by atoms with Crippen molar-refractivity contribution in [2.24, 2.45) is 0 Å². The van der Waals surface area contributed by atoms with Crippen molar-refractivity contribution in [3.63, 3.8) is 0 Å². The summed E-state index contributed by atoms with van der Waals surface area (Å²) in [5.74, 6) is 2.77. The van der Waals surface area contributed by atoms with Gasteiger partial charge in [0.25, 0.3) is 0 Å². The Morgan fingerprint density at radius 2 is 1.69 bits per heavy atom. The summed E-state index contributed by atoms with van der Waals surface area (Å²) >= 11 is 0. The van der Waals surface area contributed by atoms with Gasteiger partial charge in [-0.15, -0.1) is 0 Å². The first-order valence-electron chi connectivity index (χ1n) is 9.32. The third-order valence-electron chi connectivity index (χ3n) is 4.87. The molecule has 138 valence electrons. The van der Waals surface area contributed by atoms with Crippen LogP contribution >= 0.6 is 0 Å². The van der Waals surface area contributed by atoms with Crippen molar-refractivity contribution in [2.75, 3.05) is 49.1 Å². The van der Waals surface area contributed by atoms with Gasteiger partial charge in [-0.25, -0.2) is 9.97 Å². The lowest BCUT2D eigenvalue weighted by atomic mass is 10.2. The third kappa shape index (κ3) is 3.95. The van der Waals surface area contributed by atoms with Crippen molar-refractivity contribution < 1.29 is 4.79 Å². The second-order valence-corrected chi connectivity index (χ2v) is 6.44. The van der Waals surface area contributed by atoms with E-state index < -0.39 is 0 Å². The Labute approximate surface area is 155 Å². The number of aromatic nitrogens is 2. The predicted octanol–water partition coefficient (Wildman–Crippen LogP) is 2.66. The standard InChI is InChI=1S/C20H27N5O/c1-4-23(5-2)18-15-19(25-13-11-24(12-14-25)16(3)26)22-20(21-18)17-9-7-6-8-10-17/h6-10,15H,4-5,11-14H2,1-3H3. The highest BCUT2D eigenvalue weighted by atomic mass is 16.2. The number of hydrogen-bond donors (Lipinski definition) is 0. The van der Waals surface area contributed by atoms with Crippen LogP contribution in [-0.4, -0.2) is 60.0 Å². The molecule has 6 nitrogen and oxygen atoms in total. The van der Waals surface area contributed by atoms with E-state index in [2.05, 4.69) is 29.7 Å². The van der Waals surface area contributed by atoms with E-state index in [0.29, 0.717) is 0 Å². The minimum atomic E-state index is 0.140. The van der Waals surface area contributed by atoms with E-state index in [1.165, 1.54) is 0 Å². The molecule has 0 aliphatic carbocycles. The molecule has 6 heteroatoms. The first-order chi connectivity index (χ1) is 12.6. The van der Waals surface area contributed by atoms with E-state index in [1.54, 1.807) is 6.92 Å². The van der Waals surface area contributed by atoms with Gasteiger partial charge in [-0.05, 0) is 13.8 Å². The Morgan fingerprint density at radius 3 is 2.27 bits per heavy atom. The van der Waals surface area contributed by atoms with Crippen LogP contribution < -0.4 is 9.80 Å². The molecule has 3 rings (SSSR count). The summed E-state index contributed by atoms with van der Waals surface area (Å²) < 4.78 is 0. The van der Waals surface area contributed by atoms with Crippen molar-refractivity contribution in [2.45, 2.75) is 20.8 Å². The van der Waals surface area contributed by atoms with Crippen LogP contribution in [0, 0.1) is 0 Å². The molecule has 0 spiro atoms. The maximum atomic E-state index is 11.6. The number of carbonyl (C=O) groups is 1. The second-order valence-electron chi connectivity index (χ2n) is 6.44. The number of benzene rings is 1. The molecular formula is C20H27N5O. The summed E-state index contributed by atoms with van der Waals surface area (Å²) in [6, 6.07) is 12.2. The summed E-state index contributed by atoms with van der Waals surface area (Å²) in [6.07, 6.45) is 0. The Balaban J connectivity index is 1.94. The Hall–Kier alpha value is -2.63. The topological polar surface area (TPSA) is 52.6 Å². The smallest absolute Gasteiger partial charge is 0.219 e. The molecule has 0 saturated carbocycles. The zero-order chi connectivity index (χ0) is 18.5. The lowest BCUT2D eigenvalue weighted by Crippen LogP contribution is -2.48. The van der Waals surface area contributed by atoms with Crippen LogP contribution in [0.4, 0.5) is 11.6 Å². The van der Waals surface area contributed by atoms with E-state index in [9.17, 15) is 4.79 Å². The molecule has 26 heavy (non-hydrogen) atoms. The number of anilines is 2. The van der Waals surface area contributed by atoms with Crippen molar-refractivity contribution >= 4 is 17.5 Å². The van der Waals surface area contributed by atoms with Gasteiger partial charge in [-0.2, -0.15) is 0 Å². The molecule has 1 amide bonds. The van der Waals surface area contributed by atoms with Crippen LogP contribution in [0.25, 0.3) is 11.4 Å². The van der Waals surface area contributed by atoms with Gasteiger partial charge in [0.15, 0.2) is 5.82 Å². The minimum absolute atomic E-state index is 0.140. The second kappa shape index (κ2) is 8.17. The van der Waals surface area contributed by atoms with Crippen molar-refractivity contribution in [1.82, 2.24) is 14.9 Å². The number of hydrogen-bond acceptors (Lipinski definition) is 5. The average molecular weight is 353 g/mol. The Bertz CT molecular complexity index is 737.